The lowest BCUT2D eigenvalue weighted by Crippen LogP contribution is -1.93. The molecule has 4 nitrogen and oxygen atoms in total. The Bertz CT molecular complexity index is 339. The third-order valence-electron chi connectivity index (χ3n) is 1.54. The van der Waals surface area contributed by atoms with Gasteiger partial charge in [0.1, 0.15) is 0 Å². The van der Waals surface area contributed by atoms with Crippen molar-refractivity contribution in [2.75, 3.05) is 7.11 Å². The minimum absolute atomic E-state index is 0.112. The first kappa shape index (κ1) is 10.1. The van der Waals surface area contributed by atoms with E-state index in [9.17, 15) is 5.11 Å². The van der Waals surface area contributed by atoms with Crippen LogP contribution in [0.2, 0.25) is 0 Å². The zero-order valence-corrected chi connectivity index (χ0v) is 9.15. The Hall–Kier alpha value is -0.980. The number of halogens is 1. The number of phenolic OH excluding ortho intramolecular Hbond substituents is 1. The van der Waals surface area contributed by atoms with Crippen molar-refractivity contribution in [2.45, 2.75) is 0 Å². The maximum atomic E-state index is 9.57. The van der Waals surface area contributed by atoms with Gasteiger partial charge in [-0.1, -0.05) is 0 Å². The topological polar surface area (TPSA) is 67.8 Å². The second-order valence-electron chi connectivity index (χ2n) is 2.30. The van der Waals surface area contributed by atoms with Gasteiger partial charge in [-0.25, -0.2) is 0 Å². The lowest BCUT2D eigenvalue weighted by atomic mass is 10.2. The van der Waals surface area contributed by atoms with E-state index in [0.29, 0.717) is 9.32 Å². The fraction of sp³-hybridized carbons (Fsp3) is 0.125. The van der Waals surface area contributed by atoms with Crippen molar-refractivity contribution in [1.82, 2.24) is 0 Å². The van der Waals surface area contributed by atoms with E-state index in [0.717, 1.165) is 5.56 Å². The van der Waals surface area contributed by atoms with Crippen molar-refractivity contribution in [3.8, 4) is 11.5 Å². The van der Waals surface area contributed by atoms with Gasteiger partial charge in [0, 0.05) is 5.56 Å². The van der Waals surface area contributed by atoms with E-state index in [2.05, 4.69) is 5.10 Å². The second-order valence-corrected chi connectivity index (χ2v) is 3.38. The molecule has 70 valence electrons. The Kier molecular flexibility index (Phi) is 3.35. The fourth-order valence-electron chi connectivity index (χ4n) is 0.907. The highest BCUT2D eigenvalue weighted by atomic mass is 127. The van der Waals surface area contributed by atoms with Gasteiger partial charge in [0.15, 0.2) is 11.5 Å². The first-order valence-corrected chi connectivity index (χ1v) is 4.57. The first-order chi connectivity index (χ1) is 6.20. The molecule has 1 aromatic carbocycles. The van der Waals surface area contributed by atoms with E-state index >= 15 is 0 Å². The van der Waals surface area contributed by atoms with Crippen molar-refractivity contribution in [3.05, 3.63) is 21.3 Å². The van der Waals surface area contributed by atoms with Crippen LogP contribution in [0.4, 0.5) is 0 Å². The maximum Gasteiger partial charge on any atom is 0.171 e. The number of hydrogen-bond acceptors (Lipinski definition) is 4. The summed E-state index contributed by atoms with van der Waals surface area (Å²) in [5.41, 5.74) is 0.765. The molecule has 0 aliphatic carbocycles. The average Bonchev–Trinajstić information content (AvgIpc) is 2.14. The van der Waals surface area contributed by atoms with Crippen LogP contribution in [0, 0.1) is 3.57 Å². The molecule has 13 heavy (non-hydrogen) atoms. The molecule has 0 aliphatic heterocycles. The minimum Gasteiger partial charge on any atom is -0.504 e. The van der Waals surface area contributed by atoms with Crippen LogP contribution in [0.15, 0.2) is 17.2 Å². The van der Waals surface area contributed by atoms with Crippen molar-refractivity contribution in [3.63, 3.8) is 0 Å². The minimum atomic E-state index is 0.112. The van der Waals surface area contributed by atoms with Crippen LogP contribution in [0.5, 0.6) is 11.5 Å². The number of nitrogens with two attached hydrogens (primary N) is 1. The van der Waals surface area contributed by atoms with Gasteiger partial charge in [-0.15, -0.1) is 0 Å². The molecule has 1 aromatic rings. The van der Waals surface area contributed by atoms with Crippen LogP contribution in [-0.4, -0.2) is 18.4 Å². The van der Waals surface area contributed by atoms with Crippen LogP contribution in [0.1, 0.15) is 5.56 Å². The van der Waals surface area contributed by atoms with Gasteiger partial charge in [0.2, 0.25) is 0 Å². The van der Waals surface area contributed by atoms with Gasteiger partial charge in [-0.05, 0) is 34.7 Å². The largest absolute Gasteiger partial charge is 0.504 e. The van der Waals surface area contributed by atoms with E-state index in [-0.39, 0.29) is 5.75 Å². The third-order valence-corrected chi connectivity index (χ3v) is 2.68. The standard InChI is InChI=1S/C8H9IN2O2/c1-13-6-3-2-5(4-11-10)7(9)8(6)12/h2-4,12H,10H2,1H3. The molecule has 0 bridgehead atoms. The number of aromatic hydroxyl groups is 1. The number of nitrogens with zero attached hydrogens (tertiary/aromatic N) is 1. The van der Waals surface area contributed by atoms with Crippen molar-refractivity contribution < 1.29 is 9.84 Å². The quantitative estimate of drug-likeness (QED) is 0.373. The molecule has 0 fully saturated rings. The van der Waals surface area contributed by atoms with E-state index in [1.54, 1.807) is 12.1 Å². The molecule has 0 unspecified atom stereocenters. The Morgan fingerprint density at radius 2 is 2.31 bits per heavy atom. The number of rotatable bonds is 2. The van der Waals surface area contributed by atoms with E-state index in [1.165, 1.54) is 13.3 Å². The van der Waals surface area contributed by atoms with Gasteiger partial charge in [0.05, 0.1) is 16.9 Å². The van der Waals surface area contributed by atoms with Crippen molar-refractivity contribution in [1.29, 1.82) is 0 Å². The van der Waals surface area contributed by atoms with Gasteiger partial charge in [-0.3, -0.25) is 0 Å². The van der Waals surface area contributed by atoms with Gasteiger partial charge < -0.3 is 15.7 Å². The lowest BCUT2D eigenvalue weighted by molar-refractivity contribution is 0.371. The summed E-state index contributed by atoms with van der Waals surface area (Å²) in [6.07, 6.45) is 1.47. The lowest BCUT2D eigenvalue weighted by Gasteiger charge is -2.06. The molecule has 0 saturated heterocycles. The maximum absolute atomic E-state index is 9.57. The van der Waals surface area contributed by atoms with E-state index in [1.807, 2.05) is 22.6 Å². The van der Waals surface area contributed by atoms with Gasteiger partial charge in [-0.2, -0.15) is 5.10 Å². The summed E-state index contributed by atoms with van der Waals surface area (Å²) in [4.78, 5) is 0. The molecule has 0 amide bonds. The van der Waals surface area contributed by atoms with Crippen molar-refractivity contribution in [2.24, 2.45) is 10.9 Å². The smallest absolute Gasteiger partial charge is 0.171 e. The predicted molar refractivity (Wildman–Crippen MR) is 59.2 cm³/mol. The number of hydrogen-bond donors (Lipinski definition) is 2. The second kappa shape index (κ2) is 4.31. The summed E-state index contributed by atoms with van der Waals surface area (Å²) >= 11 is 2.00. The Morgan fingerprint density at radius 3 is 2.85 bits per heavy atom. The fourth-order valence-corrected chi connectivity index (χ4v) is 1.49. The number of phenols is 1. The molecule has 0 atom stereocenters. The Labute approximate surface area is 89.5 Å². The summed E-state index contributed by atoms with van der Waals surface area (Å²) < 4.78 is 5.60. The number of benzene rings is 1. The molecule has 3 N–H and O–H groups in total. The molecular weight excluding hydrogens is 283 g/mol. The number of ether oxygens (including phenoxy) is 1. The molecule has 0 heterocycles. The van der Waals surface area contributed by atoms with E-state index in [4.69, 9.17) is 10.6 Å². The van der Waals surface area contributed by atoms with E-state index < -0.39 is 0 Å². The summed E-state index contributed by atoms with van der Waals surface area (Å²) in [5.74, 6) is 5.56. The Balaban J connectivity index is 3.22. The summed E-state index contributed by atoms with van der Waals surface area (Å²) in [7, 11) is 1.50. The molecule has 0 aliphatic rings. The monoisotopic (exact) mass is 292 g/mol. The first-order valence-electron chi connectivity index (χ1n) is 3.49. The molecule has 0 aromatic heterocycles. The zero-order chi connectivity index (χ0) is 9.84. The van der Waals surface area contributed by atoms with Crippen LogP contribution in [0.3, 0.4) is 0 Å². The highest BCUT2D eigenvalue weighted by Gasteiger charge is 2.08. The summed E-state index contributed by atoms with van der Waals surface area (Å²) in [6.45, 7) is 0. The molecule has 0 saturated carbocycles. The normalized spacial score (nSPS) is 10.6. The van der Waals surface area contributed by atoms with Crippen LogP contribution in [-0.2, 0) is 0 Å². The summed E-state index contributed by atoms with van der Waals surface area (Å²) in [5, 5.41) is 13.0. The molecule has 0 spiro atoms. The third kappa shape index (κ3) is 2.03. The van der Waals surface area contributed by atoms with Crippen LogP contribution >= 0.6 is 22.6 Å². The zero-order valence-electron chi connectivity index (χ0n) is 6.99. The van der Waals surface area contributed by atoms with Crippen molar-refractivity contribution >= 4 is 28.8 Å². The molecule has 5 heteroatoms. The van der Waals surface area contributed by atoms with Crippen LogP contribution < -0.4 is 10.6 Å². The number of methoxy groups -OCH3 is 1. The molecule has 1 rings (SSSR count). The highest BCUT2D eigenvalue weighted by molar-refractivity contribution is 14.1. The summed E-state index contributed by atoms with van der Waals surface area (Å²) in [6, 6.07) is 3.44. The SMILES string of the molecule is COc1ccc(C=NN)c(I)c1O. The van der Waals surface area contributed by atoms with Gasteiger partial charge >= 0.3 is 0 Å². The average molecular weight is 292 g/mol. The van der Waals surface area contributed by atoms with Crippen LogP contribution in [0.25, 0.3) is 0 Å². The molecular formula is C8H9IN2O2. The molecule has 0 radical (unpaired) electrons. The number of hydrazone groups is 1. The highest BCUT2D eigenvalue weighted by Crippen LogP contribution is 2.32. The predicted octanol–water partition coefficient (Wildman–Crippen LogP) is 1.30. The Morgan fingerprint density at radius 1 is 1.62 bits per heavy atom. The van der Waals surface area contributed by atoms with Gasteiger partial charge in [0.25, 0.3) is 0 Å².